The molecule has 19 heavy (non-hydrogen) atoms. The lowest BCUT2D eigenvalue weighted by Crippen LogP contribution is -2.46. The third-order valence-electron chi connectivity index (χ3n) is 3.44. The zero-order chi connectivity index (χ0) is 13.7. The van der Waals surface area contributed by atoms with Crippen LogP contribution < -0.4 is 0 Å². The summed E-state index contributed by atoms with van der Waals surface area (Å²) in [5, 5.41) is 8.67. The molecule has 0 unspecified atom stereocenters. The molecule has 0 atom stereocenters. The minimum Gasteiger partial charge on any atom is -0.481 e. The largest absolute Gasteiger partial charge is 0.481 e. The van der Waals surface area contributed by atoms with E-state index in [1.165, 1.54) is 11.1 Å². The summed E-state index contributed by atoms with van der Waals surface area (Å²) in [5.41, 5.74) is 2.44. The van der Waals surface area contributed by atoms with Gasteiger partial charge < -0.3 is 10.0 Å². The predicted molar refractivity (Wildman–Crippen MR) is 72.9 cm³/mol. The molecule has 5 nitrogen and oxygen atoms in total. The van der Waals surface area contributed by atoms with Crippen molar-refractivity contribution < 1.29 is 9.90 Å². The summed E-state index contributed by atoms with van der Waals surface area (Å²) in [7, 11) is 0. The fourth-order valence-electron chi connectivity index (χ4n) is 2.39. The highest BCUT2D eigenvalue weighted by Gasteiger charge is 2.17. The van der Waals surface area contributed by atoms with Crippen LogP contribution in [0.2, 0.25) is 0 Å². The van der Waals surface area contributed by atoms with E-state index >= 15 is 0 Å². The van der Waals surface area contributed by atoms with Crippen LogP contribution >= 0.6 is 0 Å². The first-order chi connectivity index (χ1) is 9.13. The maximum atomic E-state index is 10.5. The molecule has 1 aliphatic rings. The summed E-state index contributed by atoms with van der Waals surface area (Å²) >= 11 is 0. The number of hydrogen-bond acceptors (Lipinski definition) is 4. The smallest absolute Gasteiger partial charge is 0.304 e. The van der Waals surface area contributed by atoms with Crippen molar-refractivity contribution >= 4 is 5.97 Å². The van der Waals surface area contributed by atoms with Crippen LogP contribution in [0.25, 0.3) is 0 Å². The fraction of sp³-hybridized carbons (Fsp3) is 0.571. The van der Waals surface area contributed by atoms with Gasteiger partial charge in [0.25, 0.3) is 0 Å². The van der Waals surface area contributed by atoms with Gasteiger partial charge in [0, 0.05) is 51.7 Å². The van der Waals surface area contributed by atoms with Crippen LogP contribution in [-0.2, 0) is 11.3 Å². The molecular formula is C14H21N3O2. The van der Waals surface area contributed by atoms with Crippen LogP contribution in [0.3, 0.4) is 0 Å². The van der Waals surface area contributed by atoms with Crippen LogP contribution in [0.5, 0.6) is 0 Å². The lowest BCUT2D eigenvalue weighted by molar-refractivity contribution is -0.137. The number of carbonyl (C=O) groups is 1. The Bertz CT molecular complexity index is 428. The van der Waals surface area contributed by atoms with Gasteiger partial charge >= 0.3 is 5.97 Å². The lowest BCUT2D eigenvalue weighted by atomic mass is 10.2. The van der Waals surface area contributed by atoms with Crippen molar-refractivity contribution in [1.29, 1.82) is 0 Å². The van der Waals surface area contributed by atoms with E-state index < -0.39 is 5.97 Å². The molecule has 2 heterocycles. The average Bonchev–Trinajstić information content (AvgIpc) is 2.38. The van der Waals surface area contributed by atoms with Crippen molar-refractivity contribution in [2.45, 2.75) is 19.9 Å². The minimum atomic E-state index is -0.715. The van der Waals surface area contributed by atoms with E-state index in [2.05, 4.69) is 27.8 Å². The zero-order valence-corrected chi connectivity index (χ0v) is 11.4. The molecule has 1 aromatic rings. The third kappa shape index (κ3) is 4.61. The Hall–Kier alpha value is -1.46. The molecule has 5 heteroatoms. The van der Waals surface area contributed by atoms with Crippen molar-refractivity contribution in [3.63, 3.8) is 0 Å². The quantitative estimate of drug-likeness (QED) is 0.858. The number of piperazine rings is 1. The van der Waals surface area contributed by atoms with Gasteiger partial charge in [-0.15, -0.1) is 0 Å². The minimum absolute atomic E-state index is 0.238. The number of pyridine rings is 1. The first-order valence-corrected chi connectivity index (χ1v) is 6.70. The maximum absolute atomic E-state index is 10.5. The Labute approximate surface area is 113 Å². The molecule has 1 fully saturated rings. The number of aromatic nitrogens is 1. The molecular weight excluding hydrogens is 242 g/mol. The van der Waals surface area contributed by atoms with E-state index in [0.29, 0.717) is 6.54 Å². The summed E-state index contributed by atoms with van der Waals surface area (Å²) in [5.74, 6) is -0.715. The summed E-state index contributed by atoms with van der Waals surface area (Å²) in [6, 6.07) is 2.17. The second-order valence-corrected chi connectivity index (χ2v) is 5.13. The van der Waals surface area contributed by atoms with E-state index in [4.69, 9.17) is 5.11 Å². The van der Waals surface area contributed by atoms with Crippen molar-refractivity contribution in [2.75, 3.05) is 32.7 Å². The molecule has 2 rings (SSSR count). The summed E-state index contributed by atoms with van der Waals surface area (Å²) < 4.78 is 0. The van der Waals surface area contributed by atoms with Crippen LogP contribution in [0.4, 0.5) is 0 Å². The van der Waals surface area contributed by atoms with Crippen LogP contribution in [-0.4, -0.2) is 58.6 Å². The maximum Gasteiger partial charge on any atom is 0.304 e. The Morgan fingerprint density at radius 3 is 2.58 bits per heavy atom. The molecule has 1 aromatic heterocycles. The Morgan fingerprint density at radius 2 is 1.95 bits per heavy atom. The first-order valence-electron chi connectivity index (χ1n) is 6.70. The highest BCUT2D eigenvalue weighted by atomic mass is 16.4. The molecule has 0 saturated carbocycles. The van der Waals surface area contributed by atoms with Gasteiger partial charge in [-0.3, -0.25) is 14.7 Å². The van der Waals surface area contributed by atoms with Gasteiger partial charge in [-0.2, -0.15) is 0 Å². The lowest BCUT2D eigenvalue weighted by Gasteiger charge is -2.34. The third-order valence-corrected chi connectivity index (χ3v) is 3.44. The predicted octanol–water partition coefficient (Wildman–Crippen LogP) is 0.982. The van der Waals surface area contributed by atoms with Crippen LogP contribution in [0, 0.1) is 6.92 Å². The zero-order valence-electron chi connectivity index (χ0n) is 11.4. The Kier molecular flexibility index (Phi) is 4.87. The number of hydrogen-bond donors (Lipinski definition) is 1. The molecule has 0 aliphatic carbocycles. The van der Waals surface area contributed by atoms with Gasteiger partial charge in [0.2, 0.25) is 0 Å². The molecule has 104 valence electrons. The van der Waals surface area contributed by atoms with Gasteiger partial charge in [0.1, 0.15) is 0 Å². The molecule has 1 aliphatic heterocycles. The second kappa shape index (κ2) is 6.63. The van der Waals surface area contributed by atoms with E-state index in [-0.39, 0.29) is 6.42 Å². The van der Waals surface area contributed by atoms with E-state index in [1.807, 2.05) is 12.4 Å². The number of carboxylic acids is 1. The number of aliphatic carboxylic acids is 1. The van der Waals surface area contributed by atoms with Crippen molar-refractivity contribution in [3.05, 3.63) is 29.6 Å². The number of rotatable bonds is 5. The molecule has 0 radical (unpaired) electrons. The molecule has 0 bridgehead atoms. The van der Waals surface area contributed by atoms with E-state index in [9.17, 15) is 4.79 Å². The molecule has 0 spiro atoms. The van der Waals surface area contributed by atoms with Crippen molar-refractivity contribution in [1.82, 2.24) is 14.8 Å². The summed E-state index contributed by atoms with van der Waals surface area (Å²) in [4.78, 5) is 19.4. The molecule has 1 N–H and O–H groups in total. The highest BCUT2D eigenvalue weighted by molar-refractivity contribution is 5.66. The Balaban J connectivity index is 1.75. The summed E-state index contributed by atoms with van der Waals surface area (Å²) in [6.45, 7) is 7.54. The standard InChI is InChI=1S/C14H21N3O2/c1-12-8-13(10-15-9-12)11-17-6-4-16(5-7-17)3-2-14(18)19/h8-10H,2-7,11H2,1H3,(H,18,19). The second-order valence-electron chi connectivity index (χ2n) is 5.13. The van der Waals surface area contributed by atoms with Gasteiger partial charge in [-0.1, -0.05) is 6.07 Å². The monoisotopic (exact) mass is 263 g/mol. The van der Waals surface area contributed by atoms with Crippen molar-refractivity contribution in [3.8, 4) is 0 Å². The highest BCUT2D eigenvalue weighted by Crippen LogP contribution is 2.09. The van der Waals surface area contributed by atoms with Crippen LogP contribution in [0.1, 0.15) is 17.5 Å². The van der Waals surface area contributed by atoms with E-state index in [1.54, 1.807) is 0 Å². The Morgan fingerprint density at radius 1 is 1.26 bits per heavy atom. The topological polar surface area (TPSA) is 56.7 Å². The van der Waals surface area contributed by atoms with Gasteiger partial charge in [-0.05, 0) is 18.1 Å². The number of nitrogens with zero attached hydrogens (tertiary/aromatic N) is 3. The number of aryl methyl sites for hydroxylation is 1. The average molecular weight is 263 g/mol. The molecule has 0 amide bonds. The molecule has 1 saturated heterocycles. The van der Waals surface area contributed by atoms with Crippen LogP contribution in [0.15, 0.2) is 18.5 Å². The van der Waals surface area contributed by atoms with Gasteiger partial charge in [0.05, 0.1) is 6.42 Å². The van der Waals surface area contributed by atoms with Gasteiger partial charge in [0.15, 0.2) is 0 Å². The fourth-order valence-corrected chi connectivity index (χ4v) is 2.39. The van der Waals surface area contributed by atoms with E-state index in [0.717, 1.165) is 32.7 Å². The molecule has 0 aromatic carbocycles. The normalized spacial score (nSPS) is 17.5. The SMILES string of the molecule is Cc1cncc(CN2CCN(CCC(=O)O)CC2)c1. The number of carboxylic acid groups (broad SMARTS) is 1. The summed E-state index contributed by atoms with van der Waals surface area (Å²) in [6.07, 6.45) is 4.03. The van der Waals surface area contributed by atoms with Crippen molar-refractivity contribution in [2.24, 2.45) is 0 Å². The first kappa shape index (κ1) is 14.0. The van der Waals surface area contributed by atoms with Gasteiger partial charge in [-0.25, -0.2) is 0 Å².